The highest BCUT2D eigenvalue weighted by atomic mass is 16.3. The summed E-state index contributed by atoms with van der Waals surface area (Å²) in [7, 11) is 0. The van der Waals surface area contributed by atoms with Gasteiger partial charge in [0, 0.05) is 0 Å². The summed E-state index contributed by atoms with van der Waals surface area (Å²) in [5.74, 6) is 0.763. The Hall–Kier alpha value is -1.30. The minimum Gasteiger partial charge on any atom is -0.391 e. The van der Waals surface area contributed by atoms with Crippen LogP contribution in [0.25, 0.3) is 0 Å². The maximum absolute atomic E-state index is 9.86. The van der Waals surface area contributed by atoms with E-state index in [0.29, 0.717) is 11.9 Å². The Kier molecular flexibility index (Phi) is 3.05. The van der Waals surface area contributed by atoms with Crippen molar-refractivity contribution in [2.75, 3.05) is 11.1 Å². The van der Waals surface area contributed by atoms with Gasteiger partial charge in [0.1, 0.15) is 0 Å². The van der Waals surface area contributed by atoms with Gasteiger partial charge >= 0.3 is 0 Å². The molecule has 1 heterocycles. The first-order valence-electron chi connectivity index (χ1n) is 5.38. The van der Waals surface area contributed by atoms with Crippen LogP contribution < -0.4 is 11.1 Å². The van der Waals surface area contributed by atoms with E-state index in [1.807, 2.05) is 0 Å². The third-order valence-electron chi connectivity index (χ3n) is 2.80. The van der Waals surface area contributed by atoms with Crippen LogP contribution in [0.1, 0.15) is 32.1 Å². The first-order valence-corrected chi connectivity index (χ1v) is 5.38. The number of aliphatic hydroxyl groups is 1. The molecular weight excluding hydrogens is 194 g/mol. The third kappa shape index (κ3) is 2.59. The van der Waals surface area contributed by atoms with Crippen LogP contribution in [0.4, 0.5) is 11.9 Å². The lowest BCUT2D eigenvalue weighted by atomic mass is 10.1. The maximum Gasteiger partial charge on any atom is 0.243 e. The van der Waals surface area contributed by atoms with Crippen molar-refractivity contribution in [3.8, 4) is 0 Å². The smallest absolute Gasteiger partial charge is 0.243 e. The number of aliphatic hydroxyl groups excluding tert-OH is 1. The number of hydrogen-bond acceptors (Lipinski definition) is 5. The predicted molar refractivity (Wildman–Crippen MR) is 57.3 cm³/mol. The average molecular weight is 211 g/mol. The SMILES string of the molecule is Nc1nc(NC2CCCCCC2O)n[nH]1. The molecule has 0 radical (unpaired) electrons. The molecule has 2 unspecified atom stereocenters. The van der Waals surface area contributed by atoms with Crippen LogP contribution in [0.3, 0.4) is 0 Å². The van der Waals surface area contributed by atoms with Crippen molar-refractivity contribution in [1.82, 2.24) is 15.2 Å². The summed E-state index contributed by atoms with van der Waals surface area (Å²) in [6, 6.07) is 0.0442. The lowest BCUT2D eigenvalue weighted by Gasteiger charge is -2.20. The van der Waals surface area contributed by atoms with E-state index in [2.05, 4.69) is 20.5 Å². The highest BCUT2D eigenvalue weighted by molar-refractivity contribution is 5.31. The maximum atomic E-state index is 9.86. The highest BCUT2D eigenvalue weighted by Gasteiger charge is 2.22. The Bertz CT molecular complexity index is 313. The van der Waals surface area contributed by atoms with Crippen molar-refractivity contribution >= 4 is 11.9 Å². The van der Waals surface area contributed by atoms with Crippen LogP contribution in [-0.2, 0) is 0 Å². The Labute approximate surface area is 88.3 Å². The molecule has 1 aromatic heterocycles. The number of nitrogen functional groups attached to an aromatic ring is 1. The molecule has 1 aliphatic rings. The second kappa shape index (κ2) is 4.48. The van der Waals surface area contributed by atoms with Crippen LogP contribution in [-0.4, -0.2) is 32.4 Å². The quantitative estimate of drug-likeness (QED) is 0.533. The first kappa shape index (κ1) is 10.2. The van der Waals surface area contributed by atoms with E-state index in [1.54, 1.807) is 0 Å². The number of aromatic amines is 1. The van der Waals surface area contributed by atoms with Gasteiger partial charge in [0.25, 0.3) is 0 Å². The lowest BCUT2D eigenvalue weighted by molar-refractivity contribution is 0.144. The van der Waals surface area contributed by atoms with Crippen molar-refractivity contribution in [2.45, 2.75) is 44.2 Å². The van der Waals surface area contributed by atoms with Gasteiger partial charge in [0.2, 0.25) is 11.9 Å². The van der Waals surface area contributed by atoms with Crippen LogP contribution >= 0.6 is 0 Å². The van der Waals surface area contributed by atoms with Gasteiger partial charge in [-0.05, 0) is 12.8 Å². The van der Waals surface area contributed by atoms with E-state index >= 15 is 0 Å². The summed E-state index contributed by atoms with van der Waals surface area (Å²) >= 11 is 0. The van der Waals surface area contributed by atoms with E-state index in [9.17, 15) is 5.11 Å². The first-order chi connectivity index (χ1) is 7.25. The molecule has 1 aromatic rings. The third-order valence-corrected chi connectivity index (χ3v) is 2.80. The van der Waals surface area contributed by atoms with Crippen LogP contribution in [0.5, 0.6) is 0 Å². The zero-order chi connectivity index (χ0) is 10.7. The molecule has 2 rings (SSSR count). The normalized spacial score (nSPS) is 27.3. The predicted octanol–water partition coefficient (Wildman–Crippen LogP) is 0.492. The number of H-pyrrole nitrogens is 1. The Morgan fingerprint density at radius 2 is 2.13 bits per heavy atom. The van der Waals surface area contributed by atoms with Gasteiger partial charge in [0.05, 0.1) is 12.1 Å². The second-order valence-corrected chi connectivity index (χ2v) is 4.00. The standard InChI is InChI=1S/C9H17N5O/c10-8-12-9(14-13-8)11-6-4-2-1-3-5-7(6)15/h6-7,15H,1-5H2,(H4,10,11,12,13,14). The summed E-state index contributed by atoms with van der Waals surface area (Å²) in [6.07, 6.45) is 4.90. The van der Waals surface area contributed by atoms with Crippen LogP contribution in [0.2, 0.25) is 0 Å². The molecule has 0 spiro atoms. The minimum absolute atomic E-state index is 0.0442. The molecule has 0 saturated heterocycles. The van der Waals surface area contributed by atoms with Crippen molar-refractivity contribution < 1.29 is 5.11 Å². The molecule has 6 heteroatoms. The van der Waals surface area contributed by atoms with Crippen LogP contribution in [0.15, 0.2) is 0 Å². The van der Waals surface area contributed by atoms with Crippen molar-refractivity contribution in [2.24, 2.45) is 0 Å². The van der Waals surface area contributed by atoms with Gasteiger partial charge in [-0.3, -0.25) is 0 Å². The topological polar surface area (TPSA) is 99.8 Å². The van der Waals surface area contributed by atoms with E-state index in [-0.39, 0.29) is 12.1 Å². The largest absolute Gasteiger partial charge is 0.391 e. The number of nitrogens with zero attached hydrogens (tertiary/aromatic N) is 2. The molecule has 6 nitrogen and oxygen atoms in total. The molecule has 5 N–H and O–H groups in total. The summed E-state index contributed by atoms with van der Waals surface area (Å²) in [6.45, 7) is 0. The average Bonchev–Trinajstić information content (AvgIpc) is 2.50. The van der Waals surface area contributed by atoms with E-state index in [1.165, 1.54) is 6.42 Å². The zero-order valence-electron chi connectivity index (χ0n) is 8.61. The van der Waals surface area contributed by atoms with Crippen molar-refractivity contribution in [1.29, 1.82) is 0 Å². The monoisotopic (exact) mass is 211 g/mol. The Morgan fingerprint density at radius 1 is 1.33 bits per heavy atom. The molecule has 1 saturated carbocycles. The minimum atomic E-state index is -0.313. The molecule has 15 heavy (non-hydrogen) atoms. The van der Waals surface area contributed by atoms with Gasteiger partial charge in [-0.15, -0.1) is 5.10 Å². The van der Waals surface area contributed by atoms with Gasteiger partial charge in [-0.25, -0.2) is 5.10 Å². The number of nitrogens with two attached hydrogens (primary N) is 1. The number of nitrogens with one attached hydrogen (secondary N) is 2. The van der Waals surface area contributed by atoms with Crippen LogP contribution in [0, 0.1) is 0 Å². The Balaban J connectivity index is 1.97. The fourth-order valence-electron chi connectivity index (χ4n) is 1.96. The molecule has 0 aliphatic heterocycles. The lowest BCUT2D eigenvalue weighted by Crippen LogP contribution is -2.32. The molecule has 0 amide bonds. The number of rotatable bonds is 2. The highest BCUT2D eigenvalue weighted by Crippen LogP contribution is 2.20. The Morgan fingerprint density at radius 3 is 2.87 bits per heavy atom. The summed E-state index contributed by atoms with van der Waals surface area (Å²) in [4.78, 5) is 3.96. The van der Waals surface area contributed by atoms with Gasteiger partial charge in [-0.1, -0.05) is 19.3 Å². The molecule has 2 atom stereocenters. The number of anilines is 2. The second-order valence-electron chi connectivity index (χ2n) is 4.00. The van der Waals surface area contributed by atoms with E-state index in [4.69, 9.17) is 5.73 Å². The van der Waals surface area contributed by atoms with Crippen molar-refractivity contribution in [3.63, 3.8) is 0 Å². The molecule has 1 aliphatic carbocycles. The molecule has 84 valence electrons. The fourth-order valence-corrected chi connectivity index (χ4v) is 1.96. The van der Waals surface area contributed by atoms with Gasteiger partial charge < -0.3 is 16.2 Å². The number of aromatic nitrogens is 3. The summed E-state index contributed by atoms with van der Waals surface area (Å²) in [5, 5.41) is 19.4. The molecule has 0 aromatic carbocycles. The molecule has 0 bridgehead atoms. The van der Waals surface area contributed by atoms with Crippen molar-refractivity contribution in [3.05, 3.63) is 0 Å². The fraction of sp³-hybridized carbons (Fsp3) is 0.778. The van der Waals surface area contributed by atoms with E-state index < -0.39 is 0 Å². The zero-order valence-corrected chi connectivity index (χ0v) is 8.61. The molecular formula is C9H17N5O. The summed E-state index contributed by atoms with van der Waals surface area (Å²) in [5.41, 5.74) is 5.42. The van der Waals surface area contributed by atoms with E-state index in [0.717, 1.165) is 25.7 Å². The van der Waals surface area contributed by atoms with Gasteiger partial charge in [-0.2, -0.15) is 4.98 Å². The van der Waals surface area contributed by atoms with Gasteiger partial charge in [0.15, 0.2) is 0 Å². The number of hydrogen-bond donors (Lipinski definition) is 4. The molecule has 1 fully saturated rings. The summed E-state index contributed by atoms with van der Waals surface area (Å²) < 4.78 is 0.